The maximum atomic E-state index is 13.4. The molecule has 0 atom stereocenters. The van der Waals surface area contributed by atoms with Crippen LogP contribution < -0.4 is 24.8 Å². The van der Waals surface area contributed by atoms with Crippen molar-refractivity contribution in [1.29, 1.82) is 0 Å². The van der Waals surface area contributed by atoms with E-state index in [9.17, 15) is 9.59 Å². The van der Waals surface area contributed by atoms with Gasteiger partial charge in [0.1, 0.15) is 5.70 Å². The van der Waals surface area contributed by atoms with Gasteiger partial charge in [0.05, 0.1) is 34.5 Å². The van der Waals surface area contributed by atoms with E-state index < -0.39 is 5.91 Å². The first-order valence-corrected chi connectivity index (χ1v) is 13.0. The predicted octanol–water partition coefficient (Wildman–Crippen LogP) is 2.91. The van der Waals surface area contributed by atoms with Crippen LogP contribution in [0.15, 0.2) is 48.3 Å². The molecular formula is C29H36N4O6. The summed E-state index contributed by atoms with van der Waals surface area (Å²) in [7, 11) is 4.46. The van der Waals surface area contributed by atoms with E-state index in [2.05, 4.69) is 27.0 Å². The third-order valence-corrected chi connectivity index (χ3v) is 6.70. The van der Waals surface area contributed by atoms with Crippen molar-refractivity contribution in [2.45, 2.75) is 13.5 Å². The molecule has 2 amide bonds. The number of hydrogen-bond donors (Lipinski definition) is 2. The number of amides is 2. The van der Waals surface area contributed by atoms with E-state index in [1.807, 2.05) is 30.5 Å². The number of hydrogen-bond acceptors (Lipinski definition) is 7. The van der Waals surface area contributed by atoms with Gasteiger partial charge in [0, 0.05) is 61.0 Å². The summed E-state index contributed by atoms with van der Waals surface area (Å²) < 4.78 is 23.7. The van der Waals surface area contributed by atoms with Gasteiger partial charge < -0.3 is 34.1 Å². The van der Waals surface area contributed by atoms with Crippen LogP contribution in [0.3, 0.4) is 0 Å². The number of nitrogens with one attached hydrogen (secondary N) is 2. The molecule has 0 aliphatic carbocycles. The van der Waals surface area contributed by atoms with Gasteiger partial charge in [-0.2, -0.15) is 0 Å². The maximum Gasteiger partial charge on any atom is 0.267 e. The van der Waals surface area contributed by atoms with E-state index in [0.29, 0.717) is 43.6 Å². The molecule has 10 heteroatoms. The summed E-state index contributed by atoms with van der Waals surface area (Å²) in [6, 6.07) is 11.1. The van der Waals surface area contributed by atoms with Crippen molar-refractivity contribution in [2.75, 3.05) is 60.7 Å². The first-order chi connectivity index (χ1) is 19.0. The molecule has 1 aromatic heterocycles. The first-order valence-electron chi connectivity index (χ1n) is 13.0. The third-order valence-electron chi connectivity index (χ3n) is 6.70. The first kappa shape index (κ1) is 28.0. The third kappa shape index (κ3) is 6.52. The quantitative estimate of drug-likeness (QED) is 0.363. The largest absolute Gasteiger partial charge is 0.493 e. The summed E-state index contributed by atoms with van der Waals surface area (Å²) in [4.78, 5) is 29.1. The minimum atomic E-state index is -0.483. The van der Waals surface area contributed by atoms with Gasteiger partial charge in [-0.1, -0.05) is 18.2 Å². The Hall–Kier alpha value is -4.02. The van der Waals surface area contributed by atoms with Crippen LogP contribution in [0.25, 0.3) is 17.0 Å². The van der Waals surface area contributed by atoms with Crippen LogP contribution in [0.1, 0.15) is 22.8 Å². The average Bonchev–Trinajstić information content (AvgIpc) is 3.33. The zero-order chi connectivity index (χ0) is 27.8. The summed E-state index contributed by atoms with van der Waals surface area (Å²) in [6.45, 7) is 6.99. The van der Waals surface area contributed by atoms with E-state index in [1.54, 1.807) is 18.2 Å². The molecule has 2 heterocycles. The average molecular weight is 537 g/mol. The van der Waals surface area contributed by atoms with E-state index in [1.165, 1.54) is 21.3 Å². The second-order valence-electron chi connectivity index (χ2n) is 9.02. The number of aromatic nitrogens is 1. The van der Waals surface area contributed by atoms with Crippen LogP contribution in [-0.4, -0.2) is 82.0 Å². The van der Waals surface area contributed by atoms with E-state index in [-0.39, 0.29) is 17.2 Å². The Balaban J connectivity index is 1.63. The molecule has 1 saturated heterocycles. The molecule has 0 bridgehead atoms. The second-order valence-corrected chi connectivity index (χ2v) is 9.02. The molecule has 10 nitrogen and oxygen atoms in total. The van der Waals surface area contributed by atoms with Gasteiger partial charge in [-0.05, 0) is 31.2 Å². The molecule has 0 saturated carbocycles. The molecule has 4 rings (SSSR count). The Labute approximate surface area is 228 Å². The van der Waals surface area contributed by atoms with Crippen molar-refractivity contribution in [1.82, 2.24) is 20.1 Å². The highest BCUT2D eigenvalue weighted by Gasteiger charge is 2.21. The van der Waals surface area contributed by atoms with Crippen molar-refractivity contribution >= 4 is 28.8 Å². The fourth-order valence-electron chi connectivity index (χ4n) is 4.62. The molecule has 3 aromatic rings. The molecule has 208 valence electrons. The van der Waals surface area contributed by atoms with E-state index in [4.69, 9.17) is 18.9 Å². The number of aryl methyl sites for hydroxylation is 1. The lowest BCUT2D eigenvalue weighted by Gasteiger charge is -2.26. The summed E-state index contributed by atoms with van der Waals surface area (Å²) >= 11 is 0. The standard InChI is InChI=1S/C29H36N4O6/c1-5-33-19-21(22-8-6-7-9-24(22)33)16-23(29(35)30-10-11-32-12-14-39-15-13-32)31-28(34)20-17-25(36-2)27(38-4)26(18-20)37-3/h6-9,16-19H,5,10-15H2,1-4H3,(H,30,35)(H,31,34). The van der Waals surface area contributed by atoms with E-state index in [0.717, 1.165) is 36.1 Å². The number of carbonyl (C=O) groups excluding carboxylic acids is 2. The lowest BCUT2D eigenvalue weighted by atomic mass is 10.1. The fourth-order valence-corrected chi connectivity index (χ4v) is 4.62. The minimum absolute atomic E-state index is 0.134. The van der Waals surface area contributed by atoms with Crippen LogP contribution in [0.2, 0.25) is 0 Å². The van der Waals surface area contributed by atoms with Crippen LogP contribution >= 0.6 is 0 Å². The molecule has 0 radical (unpaired) electrons. The van der Waals surface area contributed by atoms with Crippen LogP contribution in [0.5, 0.6) is 17.2 Å². The monoisotopic (exact) mass is 536 g/mol. The second kappa shape index (κ2) is 13.2. The summed E-state index contributed by atoms with van der Waals surface area (Å²) in [5.74, 6) is 0.197. The number of benzene rings is 2. The number of morpholine rings is 1. The van der Waals surface area contributed by atoms with Crippen LogP contribution in [-0.2, 0) is 16.1 Å². The Kier molecular flexibility index (Phi) is 9.45. The molecular weight excluding hydrogens is 500 g/mol. The zero-order valence-corrected chi connectivity index (χ0v) is 22.9. The molecule has 1 fully saturated rings. The van der Waals surface area contributed by atoms with Crippen molar-refractivity contribution in [3.05, 3.63) is 59.4 Å². The Morgan fingerprint density at radius 1 is 1.03 bits per heavy atom. The van der Waals surface area contributed by atoms with Gasteiger partial charge in [-0.15, -0.1) is 0 Å². The van der Waals surface area contributed by atoms with E-state index >= 15 is 0 Å². The highest BCUT2D eigenvalue weighted by molar-refractivity contribution is 6.07. The van der Waals surface area contributed by atoms with Gasteiger partial charge in [-0.25, -0.2) is 0 Å². The number of para-hydroxylation sites is 1. The van der Waals surface area contributed by atoms with Crippen LogP contribution in [0, 0.1) is 0 Å². The number of nitrogens with zero attached hydrogens (tertiary/aromatic N) is 2. The number of ether oxygens (including phenoxy) is 4. The predicted molar refractivity (Wildman–Crippen MR) is 149 cm³/mol. The van der Waals surface area contributed by atoms with Gasteiger partial charge >= 0.3 is 0 Å². The van der Waals surface area contributed by atoms with Gasteiger partial charge in [0.15, 0.2) is 11.5 Å². The molecule has 0 spiro atoms. The van der Waals surface area contributed by atoms with Crippen molar-refractivity contribution in [3.8, 4) is 17.2 Å². The molecule has 39 heavy (non-hydrogen) atoms. The minimum Gasteiger partial charge on any atom is -0.493 e. The Morgan fingerprint density at radius 2 is 1.72 bits per heavy atom. The topological polar surface area (TPSA) is 103 Å². The highest BCUT2D eigenvalue weighted by Crippen LogP contribution is 2.38. The van der Waals surface area contributed by atoms with Crippen molar-refractivity contribution in [2.24, 2.45) is 0 Å². The van der Waals surface area contributed by atoms with Crippen molar-refractivity contribution in [3.63, 3.8) is 0 Å². The van der Waals surface area contributed by atoms with Gasteiger partial charge in [-0.3, -0.25) is 14.5 Å². The SMILES string of the molecule is CCn1cc(C=C(NC(=O)c2cc(OC)c(OC)c(OC)c2)C(=O)NCCN2CCOCC2)c2ccccc21. The number of methoxy groups -OCH3 is 3. The molecule has 1 aliphatic heterocycles. The van der Waals surface area contributed by atoms with Gasteiger partial charge in [0.25, 0.3) is 11.8 Å². The van der Waals surface area contributed by atoms with Crippen molar-refractivity contribution < 1.29 is 28.5 Å². The fraction of sp³-hybridized carbons (Fsp3) is 0.379. The molecule has 0 unspecified atom stereocenters. The normalized spacial score (nSPS) is 14.2. The molecule has 2 aromatic carbocycles. The number of rotatable bonds is 11. The summed E-state index contributed by atoms with van der Waals surface area (Å²) in [6.07, 6.45) is 3.70. The smallest absolute Gasteiger partial charge is 0.267 e. The number of carbonyl (C=O) groups is 2. The van der Waals surface area contributed by atoms with Crippen LogP contribution in [0.4, 0.5) is 0 Å². The highest BCUT2D eigenvalue weighted by atomic mass is 16.5. The zero-order valence-electron chi connectivity index (χ0n) is 22.9. The van der Waals surface area contributed by atoms with Gasteiger partial charge in [0.2, 0.25) is 5.75 Å². The molecule has 2 N–H and O–H groups in total. The Bertz CT molecular complexity index is 1320. The molecule has 1 aliphatic rings. The lowest BCUT2D eigenvalue weighted by molar-refractivity contribution is -0.117. The maximum absolute atomic E-state index is 13.4. The summed E-state index contributed by atoms with van der Waals surface area (Å²) in [5, 5.41) is 6.76. The summed E-state index contributed by atoms with van der Waals surface area (Å²) in [5.41, 5.74) is 2.27. The lowest BCUT2D eigenvalue weighted by Crippen LogP contribution is -2.42. The number of fused-ring (bicyclic) bond motifs is 1. The Morgan fingerprint density at radius 3 is 2.36 bits per heavy atom.